The van der Waals surface area contributed by atoms with E-state index >= 15 is 0 Å². The van der Waals surface area contributed by atoms with E-state index in [1.807, 2.05) is 24.3 Å². The van der Waals surface area contributed by atoms with Crippen LogP contribution in [0.2, 0.25) is 0 Å². The Balaban J connectivity index is 1.21. The van der Waals surface area contributed by atoms with Crippen LogP contribution in [0.3, 0.4) is 0 Å². The molecule has 0 aliphatic carbocycles. The minimum Gasteiger partial charge on any atom is -0.456 e. The van der Waals surface area contributed by atoms with Gasteiger partial charge < -0.3 is 20.0 Å². The molecule has 8 nitrogen and oxygen atoms in total. The Morgan fingerprint density at radius 2 is 1.93 bits per heavy atom. The highest BCUT2D eigenvalue weighted by Crippen LogP contribution is 2.22. The lowest BCUT2D eigenvalue weighted by atomic mass is 10.2. The molecule has 0 saturated carbocycles. The number of hydrogen-bond donors (Lipinski definition) is 3. The number of rotatable bonds is 7. The average molecular weight is 410 g/mol. The van der Waals surface area contributed by atoms with Gasteiger partial charge in [0.05, 0.1) is 26.3 Å². The van der Waals surface area contributed by atoms with E-state index in [4.69, 9.17) is 4.74 Å². The molecule has 2 aromatic heterocycles. The molecular formula is C20H18N4O4S. The molecule has 3 N–H and O–H groups in total. The third-order valence-electron chi connectivity index (χ3n) is 4.27. The number of aromatic nitrogens is 3. The predicted octanol–water partition coefficient (Wildman–Crippen LogP) is 2.97. The first-order valence-electron chi connectivity index (χ1n) is 9.09. The van der Waals surface area contributed by atoms with Crippen molar-refractivity contribution < 1.29 is 14.3 Å². The number of nitrogens with zero attached hydrogens (tertiary/aromatic N) is 1. The average Bonchev–Trinajstić information content (AvgIpc) is 3.27. The van der Waals surface area contributed by atoms with Crippen LogP contribution in [0.1, 0.15) is 17.8 Å². The van der Waals surface area contributed by atoms with Gasteiger partial charge in [-0.15, -0.1) is 11.3 Å². The zero-order valence-corrected chi connectivity index (χ0v) is 16.2. The molecule has 2 aromatic carbocycles. The van der Waals surface area contributed by atoms with Gasteiger partial charge in [-0.3, -0.25) is 9.59 Å². The second kappa shape index (κ2) is 8.27. The van der Waals surface area contributed by atoms with Crippen LogP contribution in [0.4, 0.5) is 5.69 Å². The van der Waals surface area contributed by atoms with E-state index in [2.05, 4.69) is 20.3 Å². The smallest absolute Gasteiger partial charge is 0.323 e. The molecular weight excluding hydrogens is 392 g/mol. The lowest BCUT2D eigenvalue weighted by molar-refractivity contribution is -0.147. The number of aromatic amines is 2. The molecule has 4 aromatic rings. The topological polar surface area (TPSA) is 117 Å². The first kappa shape index (κ1) is 18.9. The Morgan fingerprint density at radius 3 is 2.79 bits per heavy atom. The normalized spacial score (nSPS) is 11.0. The van der Waals surface area contributed by atoms with Gasteiger partial charge in [0, 0.05) is 12.1 Å². The van der Waals surface area contributed by atoms with Gasteiger partial charge in [0.1, 0.15) is 0 Å². The van der Waals surface area contributed by atoms with Crippen molar-refractivity contribution in [3.05, 3.63) is 58.0 Å². The summed E-state index contributed by atoms with van der Waals surface area (Å²) < 4.78 is 6.16. The highest BCUT2D eigenvalue weighted by atomic mass is 32.1. The molecule has 0 fully saturated rings. The highest BCUT2D eigenvalue weighted by Gasteiger charge is 2.10. The number of anilines is 1. The number of nitrogens with one attached hydrogen (secondary N) is 3. The number of esters is 1. The van der Waals surface area contributed by atoms with E-state index in [-0.39, 0.29) is 18.7 Å². The van der Waals surface area contributed by atoms with E-state index in [1.165, 1.54) is 0 Å². The number of benzene rings is 2. The number of H-pyrrole nitrogens is 2. The van der Waals surface area contributed by atoms with Crippen LogP contribution in [0.25, 0.3) is 21.3 Å². The number of ether oxygens (including phenoxy) is 1. The van der Waals surface area contributed by atoms with Crippen LogP contribution in [-0.2, 0) is 20.7 Å². The van der Waals surface area contributed by atoms with Crippen LogP contribution in [-0.4, -0.2) is 33.4 Å². The number of carbonyl (C=O) groups excluding carboxylic acids is 2. The first-order chi connectivity index (χ1) is 14.1. The Hall–Kier alpha value is -3.46. The molecule has 29 heavy (non-hydrogen) atoms. The van der Waals surface area contributed by atoms with E-state index in [1.54, 1.807) is 29.5 Å². The standard InChI is InChI=1S/C20H18N4O4S/c25-17(21-12-8-9-13-15(10-12)24-20(27)23-13)11-28-19(26)7-3-6-18-22-14-4-1-2-5-16(14)29-18/h1-2,4-5,8-10H,3,6-7,11H2,(H,21,25)(H2,23,24,27). The summed E-state index contributed by atoms with van der Waals surface area (Å²) in [6, 6.07) is 12.9. The minimum absolute atomic E-state index is 0.222. The summed E-state index contributed by atoms with van der Waals surface area (Å²) in [4.78, 5) is 44.9. The zero-order valence-electron chi connectivity index (χ0n) is 15.4. The zero-order chi connectivity index (χ0) is 20.2. The van der Waals surface area contributed by atoms with Crippen molar-refractivity contribution >= 4 is 50.2 Å². The molecule has 0 spiro atoms. The Morgan fingerprint density at radius 1 is 1.10 bits per heavy atom. The van der Waals surface area contributed by atoms with Gasteiger partial charge in [-0.05, 0) is 43.2 Å². The molecule has 0 unspecified atom stereocenters. The minimum atomic E-state index is -0.443. The fourth-order valence-corrected chi connectivity index (χ4v) is 3.95. The lowest BCUT2D eigenvalue weighted by Crippen LogP contribution is -2.20. The first-order valence-corrected chi connectivity index (χ1v) is 9.90. The molecule has 0 atom stereocenters. The maximum absolute atomic E-state index is 12.0. The summed E-state index contributed by atoms with van der Waals surface area (Å²) >= 11 is 1.62. The Bertz CT molecular complexity index is 1210. The fraction of sp³-hybridized carbons (Fsp3) is 0.200. The SMILES string of the molecule is O=C(COC(=O)CCCc1nc2ccccc2s1)Nc1ccc2[nH]c(=O)[nH]c2c1. The van der Waals surface area contributed by atoms with Crippen LogP contribution >= 0.6 is 11.3 Å². The molecule has 0 bridgehead atoms. The van der Waals surface area contributed by atoms with E-state index in [9.17, 15) is 14.4 Å². The van der Waals surface area contributed by atoms with Gasteiger partial charge in [-0.25, -0.2) is 9.78 Å². The summed E-state index contributed by atoms with van der Waals surface area (Å²) in [5, 5.41) is 3.62. The summed E-state index contributed by atoms with van der Waals surface area (Å²) in [5.74, 6) is -0.867. The van der Waals surface area contributed by atoms with Crippen LogP contribution in [0.5, 0.6) is 0 Å². The van der Waals surface area contributed by atoms with Gasteiger partial charge in [0.25, 0.3) is 5.91 Å². The third-order valence-corrected chi connectivity index (χ3v) is 5.37. The number of thiazole rings is 1. The number of hydrogen-bond acceptors (Lipinski definition) is 6. The molecule has 0 radical (unpaired) electrons. The fourth-order valence-electron chi connectivity index (χ4n) is 2.94. The number of aryl methyl sites for hydroxylation is 1. The lowest BCUT2D eigenvalue weighted by Gasteiger charge is -2.06. The number of carbonyl (C=O) groups is 2. The third kappa shape index (κ3) is 4.69. The second-order valence-corrected chi connectivity index (χ2v) is 7.59. The molecule has 0 saturated heterocycles. The summed E-state index contributed by atoms with van der Waals surface area (Å²) in [7, 11) is 0. The quantitative estimate of drug-likeness (QED) is 0.405. The van der Waals surface area contributed by atoms with Crippen LogP contribution < -0.4 is 11.0 Å². The van der Waals surface area contributed by atoms with Crippen molar-refractivity contribution in [3.8, 4) is 0 Å². The Labute approximate surface area is 168 Å². The molecule has 0 aliphatic rings. The molecule has 2 heterocycles. The molecule has 148 valence electrons. The number of para-hydroxylation sites is 1. The predicted molar refractivity (Wildman–Crippen MR) is 111 cm³/mol. The van der Waals surface area contributed by atoms with Crippen molar-refractivity contribution in [2.24, 2.45) is 0 Å². The van der Waals surface area contributed by atoms with Crippen molar-refractivity contribution in [2.45, 2.75) is 19.3 Å². The van der Waals surface area contributed by atoms with Crippen LogP contribution in [0, 0.1) is 0 Å². The van der Waals surface area contributed by atoms with Crippen molar-refractivity contribution in [2.75, 3.05) is 11.9 Å². The van der Waals surface area contributed by atoms with Gasteiger partial charge in [0.2, 0.25) is 0 Å². The summed E-state index contributed by atoms with van der Waals surface area (Å²) in [6.45, 7) is -0.359. The Kier molecular flexibility index (Phi) is 5.39. The maximum Gasteiger partial charge on any atom is 0.323 e. The molecule has 9 heteroatoms. The second-order valence-electron chi connectivity index (χ2n) is 6.48. The van der Waals surface area contributed by atoms with Crippen molar-refractivity contribution in [3.63, 3.8) is 0 Å². The molecule has 4 rings (SSSR count). The van der Waals surface area contributed by atoms with Crippen molar-refractivity contribution in [1.29, 1.82) is 0 Å². The molecule has 1 amide bonds. The van der Waals surface area contributed by atoms with E-state index < -0.39 is 11.9 Å². The maximum atomic E-state index is 12.0. The molecule has 0 aliphatic heterocycles. The summed E-state index contributed by atoms with van der Waals surface area (Å²) in [6.07, 6.45) is 1.52. The van der Waals surface area contributed by atoms with Crippen LogP contribution in [0.15, 0.2) is 47.3 Å². The van der Waals surface area contributed by atoms with E-state index in [0.717, 1.165) is 15.2 Å². The number of fused-ring (bicyclic) bond motifs is 2. The number of amides is 1. The highest BCUT2D eigenvalue weighted by molar-refractivity contribution is 7.18. The largest absolute Gasteiger partial charge is 0.456 e. The number of imidazole rings is 1. The monoisotopic (exact) mass is 410 g/mol. The van der Waals surface area contributed by atoms with Gasteiger partial charge >= 0.3 is 11.7 Å². The summed E-state index contributed by atoms with van der Waals surface area (Å²) in [5.41, 5.74) is 2.38. The van der Waals surface area contributed by atoms with Gasteiger partial charge in [0.15, 0.2) is 6.61 Å². The van der Waals surface area contributed by atoms with Gasteiger partial charge in [-0.2, -0.15) is 0 Å². The van der Waals surface area contributed by atoms with Gasteiger partial charge in [-0.1, -0.05) is 12.1 Å². The van der Waals surface area contributed by atoms with E-state index in [0.29, 0.717) is 29.6 Å². The van der Waals surface area contributed by atoms with Crippen molar-refractivity contribution in [1.82, 2.24) is 15.0 Å².